The van der Waals surface area contributed by atoms with Gasteiger partial charge in [-0.3, -0.25) is 4.72 Å². The van der Waals surface area contributed by atoms with E-state index in [-0.39, 0.29) is 4.90 Å². The van der Waals surface area contributed by atoms with E-state index in [1.165, 1.54) is 26.4 Å². The third-order valence-electron chi connectivity index (χ3n) is 3.13. The second-order valence-corrected chi connectivity index (χ2v) is 6.66. The number of benzene rings is 2. The minimum absolute atomic E-state index is 0.0792. The number of rotatable bonds is 5. The summed E-state index contributed by atoms with van der Waals surface area (Å²) in [6.45, 7) is 1.79. The lowest BCUT2D eigenvalue weighted by atomic mass is 10.2. The Morgan fingerprint density at radius 3 is 2.41 bits per heavy atom. The van der Waals surface area contributed by atoms with E-state index in [4.69, 9.17) is 21.1 Å². The van der Waals surface area contributed by atoms with Crippen LogP contribution in [0.15, 0.2) is 41.3 Å². The smallest absolute Gasteiger partial charge is 0.262 e. The van der Waals surface area contributed by atoms with Gasteiger partial charge >= 0.3 is 0 Å². The predicted molar refractivity (Wildman–Crippen MR) is 86.5 cm³/mol. The molecule has 2 aromatic rings. The summed E-state index contributed by atoms with van der Waals surface area (Å²) in [5.41, 5.74) is 1.04. The number of methoxy groups -OCH3 is 2. The van der Waals surface area contributed by atoms with Gasteiger partial charge in [-0.2, -0.15) is 0 Å². The van der Waals surface area contributed by atoms with Gasteiger partial charge in [0, 0.05) is 10.6 Å². The molecule has 1 N–H and O–H groups in total. The second-order valence-electron chi connectivity index (χ2n) is 4.54. The molecule has 0 amide bonds. The first-order chi connectivity index (χ1) is 10.4. The summed E-state index contributed by atoms with van der Waals surface area (Å²) in [4.78, 5) is 0.0792. The molecule has 0 saturated heterocycles. The third kappa shape index (κ3) is 3.28. The number of ether oxygens (including phenoxy) is 2. The molecule has 0 aliphatic carbocycles. The lowest BCUT2D eigenvalue weighted by molar-refractivity contribution is 0.390. The van der Waals surface area contributed by atoms with Crippen LogP contribution in [0.25, 0.3) is 0 Å². The molecule has 0 fully saturated rings. The first-order valence-corrected chi connectivity index (χ1v) is 8.25. The van der Waals surface area contributed by atoms with Gasteiger partial charge in [-0.05, 0) is 37.3 Å². The fourth-order valence-electron chi connectivity index (χ4n) is 2.08. The van der Waals surface area contributed by atoms with Gasteiger partial charge in [0.2, 0.25) is 0 Å². The van der Waals surface area contributed by atoms with Crippen LogP contribution in [0.4, 0.5) is 5.69 Å². The molecule has 0 spiro atoms. The van der Waals surface area contributed by atoms with Crippen LogP contribution in [0.5, 0.6) is 11.5 Å². The van der Waals surface area contributed by atoms with Crippen molar-refractivity contribution in [2.24, 2.45) is 0 Å². The van der Waals surface area contributed by atoms with E-state index >= 15 is 0 Å². The van der Waals surface area contributed by atoms with Crippen LogP contribution in [0.1, 0.15) is 5.56 Å². The lowest BCUT2D eigenvalue weighted by Crippen LogP contribution is -2.14. The Labute approximate surface area is 134 Å². The standard InChI is InChI=1S/C15H16ClNO4S/c1-10-14(20-2)8-7-13(15(10)21-3)17-22(18,19)12-6-4-5-11(16)9-12/h4-9,17H,1-3H3. The Morgan fingerprint density at radius 2 is 1.82 bits per heavy atom. The predicted octanol–water partition coefficient (Wildman–Crippen LogP) is 3.47. The molecule has 0 saturated carbocycles. The molecule has 2 rings (SSSR count). The normalized spacial score (nSPS) is 11.1. The molecular weight excluding hydrogens is 326 g/mol. The quantitative estimate of drug-likeness (QED) is 0.904. The summed E-state index contributed by atoms with van der Waals surface area (Å²) >= 11 is 5.84. The molecule has 0 radical (unpaired) electrons. The van der Waals surface area contributed by atoms with Crippen molar-refractivity contribution in [3.63, 3.8) is 0 Å². The summed E-state index contributed by atoms with van der Waals surface area (Å²) in [5, 5.41) is 0.348. The van der Waals surface area contributed by atoms with Crippen molar-refractivity contribution in [3.05, 3.63) is 47.0 Å². The van der Waals surface area contributed by atoms with Crippen LogP contribution >= 0.6 is 11.6 Å². The molecule has 0 aromatic heterocycles. The van der Waals surface area contributed by atoms with Crippen LogP contribution in [0.2, 0.25) is 5.02 Å². The van der Waals surface area contributed by atoms with Crippen molar-refractivity contribution in [2.75, 3.05) is 18.9 Å². The Morgan fingerprint density at radius 1 is 1.09 bits per heavy atom. The van der Waals surface area contributed by atoms with E-state index in [1.54, 1.807) is 31.2 Å². The van der Waals surface area contributed by atoms with Crippen LogP contribution in [0, 0.1) is 6.92 Å². The Bertz CT molecular complexity index is 790. The zero-order valence-corrected chi connectivity index (χ0v) is 14.0. The van der Waals surface area contributed by atoms with Gasteiger partial charge in [0.15, 0.2) is 0 Å². The SMILES string of the molecule is COc1ccc(NS(=O)(=O)c2cccc(Cl)c2)c(OC)c1C. The van der Waals surface area contributed by atoms with Crippen molar-refractivity contribution in [1.29, 1.82) is 0 Å². The van der Waals surface area contributed by atoms with Gasteiger partial charge in [0.25, 0.3) is 10.0 Å². The molecule has 0 unspecified atom stereocenters. The van der Waals surface area contributed by atoms with Crippen LogP contribution in [-0.4, -0.2) is 22.6 Å². The molecule has 22 heavy (non-hydrogen) atoms. The highest BCUT2D eigenvalue weighted by atomic mass is 35.5. The summed E-state index contributed by atoms with van der Waals surface area (Å²) < 4.78 is 37.9. The number of halogens is 1. The van der Waals surface area contributed by atoms with E-state index < -0.39 is 10.0 Å². The maximum Gasteiger partial charge on any atom is 0.262 e. The molecule has 0 heterocycles. The van der Waals surface area contributed by atoms with Gasteiger partial charge in [-0.1, -0.05) is 17.7 Å². The van der Waals surface area contributed by atoms with Crippen LogP contribution < -0.4 is 14.2 Å². The molecule has 0 bridgehead atoms. The number of hydrogen-bond donors (Lipinski definition) is 1. The minimum Gasteiger partial charge on any atom is -0.496 e. The minimum atomic E-state index is -3.76. The number of anilines is 1. The maximum atomic E-state index is 12.4. The zero-order chi connectivity index (χ0) is 16.3. The molecule has 2 aromatic carbocycles. The number of hydrogen-bond acceptors (Lipinski definition) is 4. The van der Waals surface area contributed by atoms with E-state index in [0.29, 0.717) is 27.8 Å². The van der Waals surface area contributed by atoms with Crippen molar-refractivity contribution in [3.8, 4) is 11.5 Å². The van der Waals surface area contributed by atoms with Crippen molar-refractivity contribution in [1.82, 2.24) is 0 Å². The Kier molecular flexibility index (Phi) is 4.83. The van der Waals surface area contributed by atoms with Gasteiger partial charge in [-0.15, -0.1) is 0 Å². The zero-order valence-electron chi connectivity index (χ0n) is 12.4. The van der Waals surface area contributed by atoms with E-state index in [9.17, 15) is 8.42 Å². The average molecular weight is 342 g/mol. The summed E-state index contributed by atoms with van der Waals surface area (Å²) in [6.07, 6.45) is 0. The lowest BCUT2D eigenvalue weighted by Gasteiger charge is -2.16. The van der Waals surface area contributed by atoms with Crippen molar-refractivity contribution < 1.29 is 17.9 Å². The topological polar surface area (TPSA) is 64.6 Å². The fourth-order valence-corrected chi connectivity index (χ4v) is 3.44. The number of sulfonamides is 1. The second kappa shape index (κ2) is 6.46. The van der Waals surface area contributed by atoms with Gasteiger partial charge < -0.3 is 9.47 Å². The molecule has 0 atom stereocenters. The summed E-state index contributed by atoms with van der Waals surface area (Å²) in [6, 6.07) is 9.30. The molecule has 7 heteroatoms. The molecule has 0 aliphatic rings. The molecule has 0 aliphatic heterocycles. The Balaban J connectivity index is 2.44. The molecule has 5 nitrogen and oxygen atoms in total. The largest absolute Gasteiger partial charge is 0.496 e. The molecular formula is C15H16ClNO4S. The first-order valence-electron chi connectivity index (χ1n) is 6.39. The van der Waals surface area contributed by atoms with Gasteiger partial charge in [0.1, 0.15) is 11.5 Å². The van der Waals surface area contributed by atoms with Gasteiger partial charge in [0.05, 0.1) is 24.8 Å². The van der Waals surface area contributed by atoms with Crippen molar-refractivity contribution >= 4 is 27.3 Å². The molecule has 118 valence electrons. The van der Waals surface area contributed by atoms with E-state index in [1.807, 2.05) is 0 Å². The average Bonchev–Trinajstić information content (AvgIpc) is 2.47. The monoisotopic (exact) mass is 341 g/mol. The Hall–Kier alpha value is -1.92. The highest BCUT2D eigenvalue weighted by molar-refractivity contribution is 7.92. The first kappa shape index (κ1) is 16.5. The van der Waals surface area contributed by atoms with E-state index in [2.05, 4.69) is 4.72 Å². The summed E-state index contributed by atoms with van der Waals surface area (Å²) in [5.74, 6) is 1.02. The van der Waals surface area contributed by atoms with Crippen LogP contribution in [-0.2, 0) is 10.0 Å². The van der Waals surface area contributed by atoms with Crippen LogP contribution in [0.3, 0.4) is 0 Å². The number of nitrogens with one attached hydrogen (secondary N) is 1. The van der Waals surface area contributed by atoms with E-state index in [0.717, 1.165) is 0 Å². The van der Waals surface area contributed by atoms with Gasteiger partial charge in [-0.25, -0.2) is 8.42 Å². The highest BCUT2D eigenvalue weighted by Gasteiger charge is 2.19. The maximum absolute atomic E-state index is 12.4. The van der Waals surface area contributed by atoms with Crippen molar-refractivity contribution in [2.45, 2.75) is 11.8 Å². The fraction of sp³-hybridized carbons (Fsp3) is 0.200. The summed E-state index contributed by atoms with van der Waals surface area (Å²) in [7, 11) is -0.750. The highest BCUT2D eigenvalue weighted by Crippen LogP contribution is 2.36. The third-order valence-corrected chi connectivity index (χ3v) is 4.73.